The predicted octanol–water partition coefficient (Wildman–Crippen LogP) is 2.09. The van der Waals surface area contributed by atoms with Crippen LogP contribution in [0.15, 0.2) is 0 Å². The van der Waals surface area contributed by atoms with E-state index in [4.69, 9.17) is 0 Å². The fourth-order valence-corrected chi connectivity index (χ4v) is 3.20. The number of hydrogen-bond donors (Lipinski definition) is 1. The van der Waals surface area contributed by atoms with E-state index in [1.807, 2.05) is 0 Å². The minimum atomic E-state index is 0.729. The highest BCUT2D eigenvalue weighted by molar-refractivity contribution is 5.24. The van der Waals surface area contributed by atoms with Gasteiger partial charge in [-0.1, -0.05) is 6.92 Å². The summed E-state index contributed by atoms with van der Waals surface area (Å²) in [4.78, 5) is 2.59. The van der Waals surface area contributed by atoms with Crippen LogP contribution in [-0.2, 0) is 13.1 Å². The van der Waals surface area contributed by atoms with E-state index >= 15 is 0 Å². The van der Waals surface area contributed by atoms with Crippen molar-refractivity contribution in [1.82, 2.24) is 20.0 Å². The summed E-state index contributed by atoms with van der Waals surface area (Å²) >= 11 is 0. The molecule has 1 aliphatic rings. The Bertz CT molecular complexity index is 411. The summed E-state index contributed by atoms with van der Waals surface area (Å²) in [7, 11) is 0. The molecule has 4 nitrogen and oxygen atoms in total. The van der Waals surface area contributed by atoms with Crippen LogP contribution in [0.25, 0.3) is 0 Å². The second-order valence-electron chi connectivity index (χ2n) is 5.52. The number of nitrogens with zero attached hydrogens (tertiary/aromatic N) is 3. The van der Waals surface area contributed by atoms with Crippen LogP contribution in [0, 0.1) is 13.8 Å². The molecule has 0 saturated carbocycles. The molecule has 1 atom stereocenters. The van der Waals surface area contributed by atoms with Crippen LogP contribution in [-0.4, -0.2) is 40.4 Å². The lowest BCUT2D eigenvalue weighted by Gasteiger charge is -2.23. The van der Waals surface area contributed by atoms with Crippen molar-refractivity contribution in [3.63, 3.8) is 0 Å². The van der Waals surface area contributed by atoms with Crippen molar-refractivity contribution in [1.29, 1.82) is 0 Å². The van der Waals surface area contributed by atoms with Gasteiger partial charge >= 0.3 is 0 Å². The predicted molar refractivity (Wildman–Crippen MR) is 79.4 cm³/mol. The Balaban J connectivity index is 1.87. The van der Waals surface area contributed by atoms with Crippen molar-refractivity contribution in [2.45, 2.75) is 59.7 Å². The standard InChI is InChI=1S/C15H28N4/c1-5-18-9-7-8-14(18)10-16-11-15-12(3)17-19(6-2)13(15)4/h14,16H,5-11H2,1-4H3. The summed E-state index contributed by atoms with van der Waals surface area (Å²) in [6.45, 7) is 14.2. The quantitative estimate of drug-likeness (QED) is 0.854. The molecule has 1 aromatic heterocycles. The van der Waals surface area contributed by atoms with Gasteiger partial charge in [0.15, 0.2) is 0 Å². The molecule has 0 spiro atoms. The van der Waals surface area contributed by atoms with Gasteiger partial charge in [0.2, 0.25) is 0 Å². The molecule has 1 aliphatic heterocycles. The molecule has 0 radical (unpaired) electrons. The second-order valence-corrected chi connectivity index (χ2v) is 5.52. The van der Waals surface area contributed by atoms with Crippen LogP contribution in [0.4, 0.5) is 0 Å². The van der Waals surface area contributed by atoms with Gasteiger partial charge in [-0.3, -0.25) is 9.58 Å². The average molecular weight is 264 g/mol. The summed E-state index contributed by atoms with van der Waals surface area (Å²) in [6.07, 6.45) is 2.69. The van der Waals surface area contributed by atoms with E-state index in [2.05, 4.69) is 47.7 Å². The summed E-state index contributed by atoms with van der Waals surface area (Å²) in [5, 5.41) is 8.21. The first-order valence-electron chi connectivity index (χ1n) is 7.65. The molecular formula is C15H28N4. The topological polar surface area (TPSA) is 33.1 Å². The molecule has 19 heavy (non-hydrogen) atoms. The molecule has 1 unspecified atom stereocenters. The largest absolute Gasteiger partial charge is 0.311 e. The molecule has 4 heteroatoms. The minimum absolute atomic E-state index is 0.729. The zero-order valence-electron chi connectivity index (χ0n) is 12.9. The van der Waals surface area contributed by atoms with Gasteiger partial charge in [-0.25, -0.2) is 0 Å². The number of hydrogen-bond acceptors (Lipinski definition) is 3. The monoisotopic (exact) mass is 264 g/mol. The Morgan fingerprint density at radius 1 is 1.26 bits per heavy atom. The van der Waals surface area contributed by atoms with Crippen LogP contribution >= 0.6 is 0 Å². The maximum atomic E-state index is 4.58. The number of aromatic nitrogens is 2. The zero-order valence-corrected chi connectivity index (χ0v) is 12.9. The van der Waals surface area contributed by atoms with Crippen molar-refractivity contribution in [3.05, 3.63) is 17.0 Å². The molecule has 1 fully saturated rings. The lowest BCUT2D eigenvalue weighted by atomic mass is 10.2. The van der Waals surface area contributed by atoms with Crippen LogP contribution in [0.5, 0.6) is 0 Å². The summed E-state index contributed by atoms with van der Waals surface area (Å²) in [5.41, 5.74) is 3.86. The van der Waals surface area contributed by atoms with Crippen LogP contribution in [0.1, 0.15) is 43.6 Å². The Kier molecular flexibility index (Phi) is 4.99. The van der Waals surface area contributed by atoms with Gasteiger partial charge in [-0.15, -0.1) is 0 Å². The maximum Gasteiger partial charge on any atom is 0.0641 e. The van der Waals surface area contributed by atoms with E-state index in [9.17, 15) is 0 Å². The fourth-order valence-electron chi connectivity index (χ4n) is 3.20. The normalized spacial score (nSPS) is 20.3. The van der Waals surface area contributed by atoms with Crippen molar-refractivity contribution in [2.75, 3.05) is 19.6 Å². The molecule has 1 N–H and O–H groups in total. The molecule has 0 aromatic carbocycles. The Morgan fingerprint density at radius 3 is 2.68 bits per heavy atom. The molecule has 1 aromatic rings. The first kappa shape index (κ1) is 14.5. The number of rotatable bonds is 6. The van der Waals surface area contributed by atoms with E-state index in [-0.39, 0.29) is 0 Å². The lowest BCUT2D eigenvalue weighted by molar-refractivity contribution is 0.260. The van der Waals surface area contributed by atoms with E-state index in [0.29, 0.717) is 0 Å². The Labute approximate surface area is 117 Å². The van der Waals surface area contributed by atoms with Crippen molar-refractivity contribution in [3.8, 4) is 0 Å². The van der Waals surface area contributed by atoms with E-state index in [0.717, 1.165) is 25.7 Å². The van der Waals surface area contributed by atoms with E-state index in [1.54, 1.807) is 0 Å². The van der Waals surface area contributed by atoms with Crippen LogP contribution in [0.3, 0.4) is 0 Å². The van der Waals surface area contributed by atoms with Crippen molar-refractivity contribution >= 4 is 0 Å². The van der Waals surface area contributed by atoms with Crippen molar-refractivity contribution < 1.29 is 0 Å². The van der Waals surface area contributed by atoms with Crippen molar-refractivity contribution in [2.24, 2.45) is 0 Å². The fraction of sp³-hybridized carbons (Fsp3) is 0.800. The average Bonchev–Trinajstić information content (AvgIpc) is 2.96. The van der Waals surface area contributed by atoms with Gasteiger partial charge in [0.05, 0.1) is 5.69 Å². The molecule has 2 heterocycles. The number of likely N-dealkylation sites (N-methyl/N-ethyl adjacent to an activating group) is 1. The maximum absolute atomic E-state index is 4.58. The third-order valence-electron chi connectivity index (χ3n) is 4.42. The van der Waals surface area contributed by atoms with Gasteiger partial charge in [0.25, 0.3) is 0 Å². The molecule has 0 bridgehead atoms. The SMILES string of the molecule is CCN1CCCC1CNCc1c(C)nn(CC)c1C. The van der Waals surface area contributed by atoms with Gasteiger partial charge in [-0.2, -0.15) is 5.10 Å². The Morgan fingerprint density at radius 2 is 2.05 bits per heavy atom. The van der Waals surface area contributed by atoms with Gasteiger partial charge in [0, 0.05) is 36.9 Å². The Hall–Kier alpha value is -0.870. The number of aryl methyl sites for hydroxylation is 2. The highest BCUT2D eigenvalue weighted by Gasteiger charge is 2.22. The molecule has 1 saturated heterocycles. The zero-order chi connectivity index (χ0) is 13.8. The molecule has 0 aliphatic carbocycles. The van der Waals surface area contributed by atoms with E-state index < -0.39 is 0 Å². The summed E-state index contributed by atoms with van der Waals surface area (Å²) in [6, 6.07) is 0.729. The first-order valence-corrected chi connectivity index (χ1v) is 7.65. The lowest BCUT2D eigenvalue weighted by Crippen LogP contribution is -2.37. The van der Waals surface area contributed by atoms with Gasteiger partial charge in [-0.05, 0) is 46.7 Å². The second kappa shape index (κ2) is 6.53. The number of likely N-dealkylation sites (tertiary alicyclic amines) is 1. The third kappa shape index (κ3) is 3.18. The minimum Gasteiger partial charge on any atom is -0.311 e. The smallest absolute Gasteiger partial charge is 0.0641 e. The highest BCUT2D eigenvalue weighted by Crippen LogP contribution is 2.16. The summed E-state index contributed by atoms with van der Waals surface area (Å²) < 4.78 is 2.10. The summed E-state index contributed by atoms with van der Waals surface area (Å²) in [5.74, 6) is 0. The number of nitrogens with one attached hydrogen (secondary N) is 1. The molecule has 0 amide bonds. The molecule has 108 valence electrons. The van der Waals surface area contributed by atoms with Gasteiger partial charge in [0.1, 0.15) is 0 Å². The van der Waals surface area contributed by atoms with Crippen LogP contribution in [0.2, 0.25) is 0 Å². The molecule has 2 rings (SSSR count). The van der Waals surface area contributed by atoms with Crippen LogP contribution < -0.4 is 5.32 Å². The molecular weight excluding hydrogens is 236 g/mol. The van der Waals surface area contributed by atoms with Gasteiger partial charge < -0.3 is 5.32 Å². The highest BCUT2D eigenvalue weighted by atomic mass is 15.3. The van der Waals surface area contributed by atoms with E-state index in [1.165, 1.54) is 42.9 Å². The first-order chi connectivity index (χ1) is 9.17. The third-order valence-corrected chi connectivity index (χ3v) is 4.42.